The third-order valence-corrected chi connectivity index (χ3v) is 7.99. The molecule has 1 aliphatic rings. The monoisotopic (exact) mass is 500 g/mol. The van der Waals surface area contributed by atoms with Crippen molar-refractivity contribution in [2.45, 2.75) is 124 Å². The van der Waals surface area contributed by atoms with E-state index in [2.05, 4.69) is 18.6 Å². The minimum atomic E-state index is -5.82. The fourth-order valence-corrected chi connectivity index (χ4v) is 4.45. The van der Waals surface area contributed by atoms with Crippen LogP contribution >= 0.6 is 0 Å². The summed E-state index contributed by atoms with van der Waals surface area (Å²) in [6, 6.07) is 0. The average molecular weight is 501 g/mol. The van der Waals surface area contributed by atoms with Crippen molar-refractivity contribution < 1.29 is 41.0 Å². The van der Waals surface area contributed by atoms with Gasteiger partial charge in [0, 0.05) is 0 Å². The second-order valence-electron chi connectivity index (χ2n) is 11.4. The van der Waals surface area contributed by atoms with E-state index >= 15 is 0 Å². The van der Waals surface area contributed by atoms with E-state index in [1.807, 2.05) is 34.6 Å². The number of carbonyl (C=O) groups is 2. The quantitative estimate of drug-likeness (QED) is 0.216. The van der Waals surface area contributed by atoms with E-state index in [4.69, 9.17) is 4.74 Å². The lowest BCUT2D eigenvalue weighted by atomic mass is 9.58. The van der Waals surface area contributed by atoms with Crippen LogP contribution in [0, 0.1) is 16.2 Å². The summed E-state index contributed by atoms with van der Waals surface area (Å²) in [5.74, 6) is -6.85. The number of hydrogen-bond acceptors (Lipinski definition) is 4. The molecule has 0 amide bonds. The van der Waals surface area contributed by atoms with Crippen molar-refractivity contribution >= 4 is 11.9 Å². The number of alkyl halides is 5. The Morgan fingerprint density at radius 2 is 1.38 bits per heavy atom. The fourth-order valence-electron chi connectivity index (χ4n) is 4.45. The van der Waals surface area contributed by atoms with Crippen LogP contribution in [0.1, 0.15) is 106 Å². The van der Waals surface area contributed by atoms with Crippen LogP contribution in [-0.2, 0) is 19.1 Å². The van der Waals surface area contributed by atoms with Gasteiger partial charge in [0.1, 0.15) is 5.60 Å². The Balaban J connectivity index is 3.15. The molecule has 0 aromatic rings. The summed E-state index contributed by atoms with van der Waals surface area (Å²) in [7, 11) is 0. The summed E-state index contributed by atoms with van der Waals surface area (Å²) in [4.78, 5) is 26.1. The highest BCUT2D eigenvalue weighted by atomic mass is 19.4. The van der Waals surface area contributed by atoms with Gasteiger partial charge in [0.15, 0.2) is 6.61 Å². The van der Waals surface area contributed by atoms with Gasteiger partial charge in [-0.25, -0.2) is 0 Å². The van der Waals surface area contributed by atoms with Crippen molar-refractivity contribution in [3.63, 3.8) is 0 Å². The maximum atomic E-state index is 13.7. The van der Waals surface area contributed by atoms with Gasteiger partial charge in [0.2, 0.25) is 0 Å². The summed E-state index contributed by atoms with van der Waals surface area (Å²) in [5, 5.41) is 0. The number of halogens is 5. The van der Waals surface area contributed by atoms with E-state index in [1.54, 1.807) is 0 Å². The molecule has 200 valence electrons. The Bertz CT molecular complexity index is 709. The van der Waals surface area contributed by atoms with Crippen molar-refractivity contribution in [2.24, 2.45) is 16.2 Å². The number of ether oxygens (including phenoxy) is 2. The molecule has 4 nitrogen and oxygen atoms in total. The van der Waals surface area contributed by atoms with Crippen molar-refractivity contribution in [3.8, 4) is 0 Å². The number of hydrogen-bond donors (Lipinski definition) is 0. The van der Waals surface area contributed by atoms with E-state index < -0.39 is 53.5 Å². The van der Waals surface area contributed by atoms with Crippen LogP contribution in [0.3, 0.4) is 0 Å². The Hall–Kier alpha value is -1.41. The third-order valence-electron chi connectivity index (χ3n) is 7.99. The molecule has 0 heterocycles. The number of esters is 2. The molecule has 0 aliphatic heterocycles. The van der Waals surface area contributed by atoms with E-state index in [0.717, 1.165) is 12.8 Å². The van der Waals surface area contributed by atoms with Gasteiger partial charge in [-0.15, -0.1) is 0 Å². The summed E-state index contributed by atoms with van der Waals surface area (Å²) in [6.07, 6.45) is -1.52. The van der Waals surface area contributed by atoms with Gasteiger partial charge in [-0.3, -0.25) is 9.59 Å². The first-order valence-corrected chi connectivity index (χ1v) is 12.1. The molecule has 9 heteroatoms. The lowest BCUT2D eigenvalue weighted by Gasteiger charge is -2.48. The molecule has 34 heavy (non-hydrogen) atoms. The summed E-state index contributed by atoms with van der Waals surface area (Å²) >= 11 is 0. The SMILES string of the molecule is CCC(C)(C)CC(C)(C(=O)OC1(CC(=O)OCC(F)(F)C(F)(F)F)CCCCC1)C(C)(C)CC. The zero-order valence-electron chi connectivity index (χ0n) is 21.6. The topological polar surface area (TPSA) is 52.6 Å². The molecule has 0 bridgehead atoms. The van der Waals surface area contributed by atoms with Gasteiger partial charge in [0.05, 0.1) is 11.8 Å². The average Bonchev–Trinajstić information content (AvgIpc) is 2.71. The van der Waals surface area contributed by atoms with Crippen molar-refractivity contribution in [1.82, 2.24) is 0 Å². The molecule has 1 rings (SSSR count). The summed E-state index contributed by atoms with van der Waals surface area (Å²) in [5.41, 5.74) is -2.79. The Kier molecular flexibility index (Phi) is 9.63. The lowest BCUT2D eigenvalue weighted by molar-refractivity contribution is -0.294. The normalized spacial score (nSPS) is 19.3. The molecule has 0 N–H and O–H groups in total. The molecular weight excluding hydrogens is 459 g/mol. The van der Waals surface area contributed by atoms with Gasteiger partial charge in [-0.05, 0) is 56.3 Å². The molecule has 1 unspecified atom stereocenters. The Morgan fingerprint density at radius 3 is 1.82 bits per heavy atom. The fraction of sp³-hybridized carbons (Fsp3) is 0.920. The maximum absolute atomic E-state index is 13.7. The van der Waals surface area contributed by atoms with Gasteiger partial charge in [-0.1, -0.05) is 54.4 Å². The lowest BCUT2D eigenvalue weighted by Crippen LogP contribution is -2.50. The second-order valence-corrected chi connectivity index (χ2v) is 11.4. The van der Waals surface area contributed by atoms with E-state index in [-0.39, 0.29) is 5.41 Å². The van der Waals surface area contributed by atoms with Crippen LogP contribution in [0.5, 0.6) is 0 Å². The van der Waals surface area contributed by atoms with Crippen molar-refractivity contribution in [1.29, 1.82) is 0 Å². The molecule has 1 aliphatic carbocycles. The smallest absolute Gasteiger partial charge is 0.456 e. The van der Waals surface area contributed by atoms with E-state index in [0.29, 0.717) is 38.5 Å². The third kappa shape index (κ3) is 7.30. The van der Waals surface area contributed by atoms with E-state index in [1.165, 1.54) is 0 Å². The second kappa shape index (κ2) is 10.7. The molecule has 1 fully saturated rings. The standard InChI is InChI=1S/C25H41F5O4/c1-8-20(3,4)16-22(7,21(5,6)9-2)19(32)34-23(13-11-10-12-14-23)15-18(31)33-17-24(26,27)25(28,29)30/h8-17H2,1-7H3. The maximum Gasteiger partial charge on any atom is 0.456 e. The Labute approximate surface area is 200 Å². The first-order valence-electron chi connectivity index (χ1n) is 12.1. The first kappa shape index (κ1) is 30.6. The van der Waals surface area contributed by atoms with Crippen LogP contribution in [0.4, 0.5) is 22.0 Å². The van der Waals surface area contributed by atoms with Crippen LogP contribution in [-0.4, -0.2) is 36.2 Å². The highest BCUT2D eigenvalue weighted by Gasteiger charge is 2.59. The zero-order valence-corrected chi connectivity index (χ0v) is 21.6. The predicted molar refractivity (Wildman–Crippen MR) is 119 cm³/mol. The van der Waals surface area contributed by atoms with Crippen LogP contribution in [0.15, 0.2) is 0 Å². The molecule has 0 aromatic carbocycles. The summed E-state index contributed by atoms with van der Waals surface area (Å²) in [6.45, 7) is 11.9. The van der Waals surface area contributed by atoms with Gasteiger partial charge in [0.25, 0.3) is 0 Å². The highest BCUT2D eigenvalue weighted by Crippen LogP contribution is 2.51. The molecule has 0 saturated heterocycles. The number of rotatable bonds is 11. The highest BCUT2D eigenvalue weighted by molar-refractivity contribution is 5.79. The molecular formula is C25H41F5O4. The molecule has 0 radical (unpaired) electrons. The summed E-state index contributed by atoms with van der Waals surface area (Å²) < 4.78 is 74.0. The van der Waals surface area contributed by atoms with Gasteiger partial charge < -0.3 is 9.47 Å². The van der Waals surface area contributed by atoms with Gasteiger partial charge in [-0.2, -0.15) is 22.0 Å². The minimum absolute atomic E-state index is 0.165. The molecule has 1 atom stereocenters. The van der Waals surface area contributed by atoms with Crippen LogP contribution in [0.25, 0.3) is 0 Å². The largest absolute Gasteiger partial charge is 0.459 e. The minimum Gasteiger partial charge on any atom is -0.459 e. The van der Waals surface area contributed by atoms with Crippen molar-refractivity contribution in [2.75, 3.05) is 6.61 Å². The predicted octanol–water partition coefficient (Wildman–Crippen LogP) is 7.63. The number of carbonyl (C=O) groups excluding carboxylic acids is 2. The molecule has 1 saturated carbocycles. The zero-order chi connectivity index (χ0) is 26.6. The van der Waals surface area contributed by atoms with Crippen molar-refractivity contribution in [3.05, 3.63) is 0 Å². The molecule has 0 spiro atoms. The molecule has 0 aromatic heterocycles. The van der Waals surface area contributed by atoms with Crippen LogP contribution in [0.2, 0.25) is 0 Å². The Morgan fingerprint density at radius 1 is 0.853 bits per heavy atom. The first-order chi connectivity index (χ1) is 15.3. The van der Waals surface area contributed by atoms with Gasteiger partial charge >= 0.3 is 24.0 Å². The van der Waals surface area contributed by atoms with Crippen LogP contribution < -0.4 is 0 Å². The van der Waals surface area contributed by atoms with E-state index in [9.17, 15) is 31.5 Å².